The molecule has 2 aromatic rings. The molecule has 142 valence electrons. The third kappa shape index (κ3) is 5.72. The van der Waals surface area contributed by atoms with Crippen molar-refractivity contribution in [3.63, 3.8) is 0 Å². The van der Waals surface area contributed by atoms with Crippen LogP contribution in [-0.4, -0.2) is 29.8 Å². The molecule has 1 aliphatic rings. The van der Waals surface area contributed by atoms with Crippen LogP contribution in [0.15, 0.2) is 42.5 Å². The maximum absolute atomic E-state index is 12.4. The number of rotatable bonds is 7. The highest BCUT2D eigenvalue weighted by Crippen LogP contribution is 2.22. The van der Waals surface area contributed by atoms with Crippen molar-refractivity contribution in [2.24, 2.45) is 0 Å². The predicted octanol–water partition coefficient (Wildman–Crippen LogP) is 4.48. The molecule has 1 fully saturated rings. The van der Waals surface area contributed by atoms with Crippen molar-refractivity contribution in [3.8, 4) is 0 Å². The molecule has 0 saturated heterocycles. The van der Waals surface area contributed by atoms with E-state index in [-0.39, 0.29) is 11.8 Å². The second kappa shape index (κ2) is 8.77. The molecule has 0 aromatic heterocycles. The molecule has 1 saturated carbocycles. The van der Waals surface area contributed by atoms with Gasteiger partial charge in [-0.25, -0.2) is 0 Å². The van der Waals surface area contributed by atoms with Crippen molar-refractivity contribution >= 4 is 35.0 Å². The fraction of sp³-hybridized carbons (Fsp3) is 0.333. The van der Waals surface area contributed by atoms with E-state index in [4.69, 9.17) is 23.2 Å². The molecule has 27 heavy (non-hydrogen) atoms. The molecule has 0 spiro atoms. The number of benzene rings is 2. The molecule has 1 aliphatic carbocycles. The van der Waals surface area contributed by atoms with E-state index in [1.54, 1.807) is 36.2 Å². The largest absolute Gasteiger partial charge is 0.349 e. The molecular weight excluding hydrogens is 383 g/mol. The summed E-state index contributed by atoms with van der Waals surface area (Å²) in [5.74, 6) is 0.00453. The Kier molecular flexibility index (Phi) is 6.40. The highest BCUT2D eigenvalue weighted by Gasteiger charge is 2.23. The van der Waals surface area contributed by atoms with Crippen molar-refractivity contribution in [1.29, 1.82) is 0 Å². The summed E-state index contributed by atoms with van der Waals surface area (Å²) >= 11 is 12.1. The minimum Gasteiger partial charge on any atom is -0.349 e. The Balaban J connectivity index is 1.50. The molecule has 0 aliphatic heterocycles. The molecule has 2 amide bonds. The van der Waals surface area contributed by atoms with Gasteiger partial charge in [0.2, 0.25) is 5.91 Å². The summed E-state index contributed by atoms with van der Waals surface area (Å²) < 4.78 is 0. The van der Waals surface area contributed by atoms with Gasteiger partial charge in [0, 0.05) is 41.7 Å². The fourth-order valence-electron chi connectivity index (χ4n) is 2.78. The Labute approximate surface area is 169 Å². The zero-order valence-corrected chi connectivity index (χ0v) is 16.7. The van der Waals surface area contributed by atoms with E-state index in [1.807, 2.05) is 18.2 Å². The van der Waals surface area contributed by atoms with E-state index in [0.29, 0.717) is 41.0 Å². The van der Waals surface area contributed by atoms with Crippen LogP contribution >= 0.6 is 23.2 Å². The van der Waals surface area contributed by atoms with Crippen LogP contribution in [0.25, 0.3) is 0 Å². The Morgan fingerprint density at radius 3 is 2.44 bits per heavy atom. The van der Waals surface area contributed by atoms with Crippen LogP contribution in [-0.2, 0) is 17.8 Å². The minimum atomic E-state index is -0.0340. The first-order chi connectivity index (χ1) is 12.9. The number of aryl methyl sites for hydroxylation is 1. The molecule has 6 heteroatoms. The van der Waals surface area contributed by atoms with Crippen LogP contribution < -0.4 is 5.32 Å². The number of hydrogen-bond donors (Lipinski definition) is 1. The van der Waals surface area contributed by atoms with E-state index in [1.165, 1.54) is 0 Å². The van der Waals surface area contributed by atoms with Crippen molar-refractivity contribution in [1.82, 2.24) is 10.2 Å². The van der Waals surface area contributed by atoms with E-state index >= 15 is 0 Å². The molecule has 4 nitrogen and oxygen atoms in total. The van der Waals surface area contributed by atoms with Gasteiger partial charge in [-0.2, -0.15) is 0 Å². The SMILES string of the molecule is CN(Cc1ccc(C(=O)NC2CC2)cc1)C(=O)CCc1ccc(Cl)cc1Cl. The van der Waals surface area contributed by atoms with Crippen molar-refractivity contribution in [2.75, 3.05) is 7.05 Å². The molecule has 3 rings (SSSR count). The van der Waals surface area contributed by atoms with Gasteiger partial charge in [-0.1, -0.05) is 41.4 Å². The number of halogens is 2. The number of carbonyl (C=O) groups is 2. The summed E-state index contributed by atoms with van der Waals surface area (Å²) in [6.45, 7) is 0.498. The van der Waals surface area contributed by atoms with E-state index in [0.717, 1.165) is 24.0 Å². The third-order valence-electron chi connectivity index (χ3n) is 4.60. The number of amides is 2. The molecule has 0 radical (unpaired) electrons. The van der Waals surface area contributed by atoms with Gasteiger partial charge >= 0.3 is 0 Å². The van der Waals surface area contributed by atoms with E-state index in [2.05, 4.69) is 5.32 Å². The van der Waals surface area contributed by atoms with Crippen LogP contribution in [0.1, 0.15) is 40.7 Å². The second-order valence-corrected chi connectivity index (χ2v) is 7.77. The third-order valence-corrected chi connectivity index (χ3v) is 5.18. The summed E-state index contributed by atoms with van der Waals surface area (Å²) in [6.07, 6.45) is 3.08. The molecule has 0 unspecified atom stereocenters. The average Bonchev–Trinajstić information content (AvgIpc) is 3.45. The van der Waals surface area contributed by atoms with Gasteiger partial charge in [-0.05, 0) is 54.7 Å². The average molecular weight is 405 g/mol. The summed E-state index contributed by atoms with van der Waals surface area (Å²) in [6, 6.07) is 13.0. The summed E-state index contributed by atoms with van der Waals surface area (Å²) in [5, 5.41) is 4.13. The standard InChI is InChI=1S/C21H22Cl2N2O2/c1-25(20(26)11-7-15-6-8-17(22)12-19(15)23)13-14-2-4-16(5-3-14)21(27)24-18-9-10-18/h2-6,8,12,18H,7,9-11,13H2,1H3,(H,24,27). The molecule has 2 aromatic carbocycles. The van der Waals surface area contributed by atoms with Gasteiger partial charge in [-0.15, -0.1) is 0 Å². The van der Waals surface area contributed by atoms with Gasteiger partial charge in [0.05, 0.1) is 0 Å². The second-order valence-electron chi connectivity index (χ2n) is 6.93. The zero-order chi connectivity index (χ0) is 19.4. The monoisotopic (exact) mass is 404 g/mol. The van der Waals surface area contributed by atoms with Gasteiger partial charge in [0.15, 0.2) is 0 Å². The Morgan fingerprint density at radius 2 is 1.81 bits per heavy atom. The van der Waals surface area contributed by atoms with Crippen LogP contribution in [0.2, 0.25) is 10.0 Å². The van der Waals surface area contributed by atoms with Gasteiger partial charge in [0.25, 0.3) is 5.91 Å². The maximum Gasteiger partial charge on any atom is 0.251 e. The highest BCUT2D eigenvalue weighted by molar-refractivity contribution is 6.35. The lowest BCUT2D eigenvalue weighted by molar-refractivity contribution is -0.130. The van der Waals surface area contributed by atoms with Crippen molar-refractivity contribution < 1.29 is 9.59 Å². The lowest BCUT2D eigenvalue weighted by Crippen LogP contribution is -2.27. The summed E-state index contributed by atoms with van der Waals surface area (Å²) in [5.41, 5.74) is 2.55. The highest BCUT2D eigenvalue weighted by atomic mass is 35.5. The van der Waals surface area contributed by atoms with E-state index < -0.39 is 0 Å². The van der Waals surface area contributed by atoms with Crippen molar-refractivity contribution in [3.05, 3.63) is 69.2 Å². The first-order valence-corrected chi connectivity index (χ1v) is 9.75. The Hall–Kier alpha value is -2.04. The first-order valence-electron chi connectivity index (χ1n) is 9.00. The van der Waals surface area contributed by atoms with Crippen LogP contribution in [0, 0.1) is 0 Å². The predicted molar refractivity (Wildman–Crippen MR) is 108 cm³/mol. The van der Waals surface area contributed by atoms with Crippen LogP contribution in [0.4, 0.5) is 0 Å². The van der Waals surface area contributed by atoms with E-state index in [9.17, 15) is 9.59 Å². The van der Waals surface area contributed by atoms with Crippen molar-refractivity contribution in [2.45, 2.75) is 38.3 Å². The minimum absolute atomic E-state index is 0.0340. The maximum atomic E-state index is 12.4. The molecule has 0 atom stereocenters. The lowest BCUT2D eigenvalue weighted by Gasteiger charge is -2.18. The Morgan fingerprint density at radius 1 is 1.11 bits per heavy atom. The van der Waals surface area contributed by atoms with Crippen LogP contribution in [0.5, 0.6) is 0 Å². The van der Waals surface area contributed by atoms with Gasteiger partial charge in [0.1, 0.15) is 0 Å². The van der Waals surface area contributed by atoms with Gasteiger partial charge < -0.3 is 10.2 Å². The molecule has 1 N–H and O–H groups in total. The number of carbonyl (C=O) groups excluding carboxylic acids is 2. The normalized spacial score (nSPS) is 13.3. The molecule has 0 heterocycles. The van der Waals surface area contributed by atoms with Gasteiger partial charge in [-0.3, -0.25) is 9.59 Å². The Bertz CT molecular complexity index is 833. The molecule has 0 bridgehead atoms. The zero-order valence-electron chi connectivity index (χ0n) is 15.2. The quantitative estimate of drug-likeness (QED) is 0.739. The summed E-state index contributed by atoms with van der Waals surface area (Å²) in [7, 11) is 1.78. The fourth-order valence-corrected chi connectivity index (χ4v) is 3.28. The molecular formula is C21H22Cl2N2O2. The first kappa shape index (κ1) is 19.7. The lowest BCUT2D eigenvalue weighted by atomic mass is 10.1. The number of nitrogens with one attached hydrogen (secondary N) is 1. The smallest absolute Gasteiger partial charge is 0.251 e. The number of nitrogens with zero attached hydrogens (tertiary/aromatic N) is 1. The number of hydrogen-bond acceptors (Lipinski definition) is 2. The van der Waals surface area contributed by atoms with Crippen LogP contribution in [0.3, 0.4) is 0 Å². The summed E-state index contributed by atoms with van der Waals surface area (Å²) in [4.78, 5) is 26.1. The topological polar surface area (TPSA) is 49.4 Å².